The van der Waals surface area contributed by atoms with Crippen LogP contribution in [0.2, 0.25) is 0 Å². The van der Waals surface area contributed by atoms with Gasteiger partial charge in [0, 0.05) is 5.41 Å². The topological polar surface area (TPSA) is 61.8 Å². The van der Waals surface area contributed by atoms with E-state index in [1.54, 1.807) is 6.07 Å². The molecule has 188 valence electrons. The Bertz CT molecular complexity index is 987. The SMILES string of the molecule is COc1cc2c(cc1OC(=O)C(F)(F)F)CCC1[C@@H]2CC[C@]2(C)[C@@H](OC(=O)C(F)(F)F)CC[C@@H]12. The molecular formula is C23H24F6O5. The quantitative estimate of drug-likeness (QED) is 0.316. The van der Waals surface area contributed by atoms with E-state index in [4.69, 9.17) is 9.47 Å². The Morgan fingerprint density at radius 2 is 1.62 bits per heavy atom. The van der Waals surface area contributed by atoms with Gasteiger partial charge in [-0.1, -0.05) is 6.92 Å². The Balaban J connectivity index is 1.58. The molecule has 1 unspecified atom stereocenters. The largest absolute Gasteiger partial charge is 0.493 e. The normalized spacial score (nSPS) is 30.6. The molecule has 5 atom stereocenters. The third kappa shape index (κ3) is 4.22. The van der Waals surface area contributed by atoms with Gasteiger partial charge in [-0.2, -0.15) is 26.3 Å². The number of rotatable bonds is 3. The van der Waals surface area contributed by atoms with Crippen LogP contribution >= 0.6 is 0 Å². The van der Waals surface area contributed by atoms with Crippen LogP contribution in [0.4, 0.5) is 26.3 Å². The van der Waals surface area contributed by atoms with Gasteiger partial charge >= 0.3 is 24.3 Å². The number of ether oxygens (including phenoxy) is 3. The highest BCUT2D eigenvalue weighted by atomic mass is 19.4. The molecule has 11 heteroatoms. The average molecular weight is 494 g/mol. The molecule has 2 fully saturated rings. The highest BCUT2D eigenvalue weighted by molar-refractivity contribution is 5.79. The van der Waals surface area contributed by atoms with Crippen LogP contribution in [0.5, 0.6) is 11.5 Å². The fourth-order valence-electron chi connectivity index (χ4n) is 6.32. The Kier molecular flexibility index (Phi) is 6.05. The Morgan fingerprint density at radius 3 is 2.24 bits per heavy atom. The van der Waals surface area contributed by atoms with Gasteiger partial charge in [-0.3, -0.25) is 0 Å². The molecule has 0 aromatic heterocycles. The molecule has 0 bridgehead atoms. The number of hydrogen-bond acceptors (Lipinski definition) is 5. The summed E-state index contributed by atoms with van der Waals surface area (Å²) in [5.41, 5.74) is 1.07. The molecule has 0 heterocycles. The van der Waals surface area contributed by atoms with Gasteiger partial charge in [-0.05, 0) is 79.5 Å². The van der Waals surface area contributed by atoms with Gasteiger partial charge in [0.1, 0.15) is 6.10 Å². The summed E-state index contributed by atoms with van der Waals surface area (Å²) in [7, 11) is 1.27. The number of benzene rings is 1. The predicted molar refractivity (Wildman–Crippen MR) is 105 cm³/mol. The molecule has 0 spiro atoms. The van der Waals surface area contributed by atoms with Crippen LogP contribution in [0.3, 0.4) is 0 Å². The summed E-state index contributed by atoms with van der Waals surface area (Å²) in [6, 6.07) is 3.01. The van der Waals surface area contributed by atoms with Crippen molar-refractivity contribution < 1.29 is 50.1 Å². The number of esters is 2. The number of alkyl halides is 6. The first kappa shape index (κ1) is 24.7. The first-order chi connectivity index (χ1) is 15.8. The van der Waals surface area contributed by atoms with Crippen molar-refractivity contribution in [2.24, 2.45) is 17.3 Å². The lowest BCUT2D eigenvalue weighted by Gasteiger charge is -2.50. The van der Waals surface area contributed by atoms with E-state index in [2.05, 4.69) is 4.74 Å². The molecule has 3 aliphatic rings. The van der Waals surface area contributed by atoms with E-state index in [9.17, 15) is 35.9 Å². The number of aryl methyl sites for hydroxylation is 1. The lowest BCUT2D eigenvalue weighted by atomic mass is 9.55. The van der Waals surface area contributed by atoms with Gasteiger partial charge in [-0.25, -0.2) is 9.59 Å². The second kappa shape index (κ2) is 8.34. The van der Waals surface area contributed by atoms with Gasteiger partial charge in [0.2, 0.25) is 0 Å². The second-order valence-electron chi connectivity index (χ2n) is 9.52. The fourth-order valence-corrected chi connectivity index (χ4v) is 6.32. The monoisotopic (exact) mass is 494 g/mol. The third-order valence-electron chi connectivity index (χ3n) is 7.84. The molecule has 0 aliphatic heterocycles. The highest BCUT2D eigenvalue weighted by Crippen LogP contribution is 2.62. The van der Waals surface area contributed by atoms with Crippen molar-refractivity contribution in [1.82, 2.24) is 0 Å². The summed E-state index contributed by atoms with van der Waals surface area (Å²) in [4.78, 5) is 22.8. The summed E-state index contributed by atoms with van der Waals surface area (Å²) in [5.74, 6) is -4.61. The summed E-state index contributed by atoms with van der Waals surface area (Å²) < 4.78 is 90.9. The van der Waals surface area contributed by atoms with Crippen molar-refractivity contribution in [3.63, 3.8) is 0 Å². The smallest absolute Gasteiger partial charge is 0.491 e. The van der Waals surface area contributed by atoms with E-state index in [1.807, 2.05) is 6.92 Å². The van der Waals surface area contributed by atoms with Crippen LogP contribution in [0, 0.1) is 17.3 Å². The molecule has 34 heavy (non-hydrogen) atoms. The standard InChI is InChI=1S/C23H24F6O5/c1-21-8-7-12-13(15(21)5-6-18(21)34-20(31)23(27,28)29)4-3-11-9-17(16(32-2)10-14(11)12)33-19(30)22(24,25)26/h9-10,12-13,15,18H,3-8H2,1-2H3/t12-,13?,15-,18-,21-/m0/s1. The number of fused-ring (bicyclic) bond motifs is 5. The van der Waals surface area contributed by atoms with E-state index < -0.39 is 35.8 Å². The number of carbonyl (C=O) groups is 2. The maximum Gasteiger partial charge on any atom is 0.491 e. The number of methoxy groups -OCH3 is 1. The van der Waals surface area contributed by atoms with E-state index in [-0.39, 0.29) is 29.3 Å². The van der Waals surface area contributed by atoms with Crippen LogP contribution in [-0.4, -0.2) is 37.5 Å². The minimum atomic E-state index is -5.14. The predicted octanol–water partition coefficient (Wildman–Crippen LogP) is 5.49. The van der Waals surface area contributed by atoms with Crippen LogP contribution in [0.15, 0.2) is 12.1 Å². The van der Waals surface area contributed by atoms with Gasteiger partial charge < -0.3 is 14.2 Å². The molecule has 2 saturated carbocycles. The molecule has 0 N–H and O–H groups in total. The molecule has 1 aromatic rings. The molecule has 0 saturated heterocycles. The molecule has 4 rings (SSSR count). The minimum Gasteiger partial charge on any atom is -0.493 e. The van der Waals surface area contributed by atoms with E-state index in [1.165, 1.54) is 13.2 Å². The second-order valence-corrected chi connectivity index (χ2v) is 9.52. The summed E-state index contributed by atoms with van der Waals surface area (Å²) in [5, 5.41) is 0. The first-order valence-electron chi connectivity index (χ1n) is 11.0. The van der Waals surface area contributed by atoms with Gasteiger partial charge in [0.05, 0.1) is 7.11 Å². The van der Waals surface area contributed by atoms with Crippen molar-refractivity contribution in [3.05, 3.63) is 23.3 Å². The van der Waals surface area contributed by atoms with E-state index >= 15 is 0 Å². The van der Waals surface area contributed by atoms with Crippen molar-refractivity contribution in [2.75, 3.05) is 7.11 Å². The maximum absolute atomic E-state index is 12.8. The van der Waals surface area contributed by atoms with E-state index in [0.29, 0.717) is 38.5 Å². The summed E-state index contributed by atoms with van der Waals surface area (Å²) in [6.07, 6.45) is -7.67. The molecule has 0 radical (unpaired) electrons. The zero-order valence-corrected chi connectivity index (χ0v) is 18.5. The summed E-state index contributed by atoms with van der Waals surface area (Å²) >= 11 is 0. The van der Waals surface area contributed by atoms with Crippen LogP contribution in [0.25, 0.3) is 0 Å². The van der Waals surface area contributed by atoms with Crippen LogP contribution in [0.1, 0.15) is 56.1 Å². The zero-order chi connectivity index (χ0) is 25.1. The van der Waals surface area contributed by atoms with Gasteiger partial charge in [-0.15, -0.1) is 0 Å². The van der Waals surface area contributed by atoms with Gasteiger partial charge in [0.15, 0.2) is 11.5 Å². The average Bonchev–Trinajstić information content (AvgIpc) is 3.07. The maximum atomic E-state index is 12.8. The minimum absolute atomic E-state index is 0.00809. The van der Waals surface area contributed by atoms with Crippen molar-refractivity contribution in [1.29, 1.82) is 0 Å². The lowest BCUT2D eigenvalue weighted by molar-refractivity contribution is -0.211. The number of hydrogen-bond donors (Lipinski definition) is 0. The molecule has 5 nitrogen and oxygen atoms in total. The lowest BCUT2D eigenvalue weighted by Crippen LogP contribution is -2.46. The number of carbonyl (C=O) groups excluding carboxylic acids is 2. The third-order valence-corrected chi connectivity index (χ3v) is 7.84. The Hall–Kier alpha value is -2.46. The Labute approximate surface area is 191 Å². The van der Waals surface area contributed by atoms with Crippen LogP contribution < -0.4 is 9.47 Å². The van der Waals surface area contributed by atoms with Gasteiger partial charge in [0.25, 0.3) is 0 Å². The van der Waals surface area contributed by atoms with Crippen molar-refractivity contribution in [3.8, 4) is 11.5 Å². The molecule has 1 aromatic carbocycles. The highest BCUT2D eigenvalue weighted by Gasteiger charge is 2.57. The van der Waals surface area contributed by atoms with Crippen molar-refractivity contribution in [2.45, 2.75) is 69.8 Å². The number of halogens is 6. The van der Waals surface area contributed by atoms with Crippen LogP contribution in [-0.2, 0) is 20.7 Å². The molecule has 3 aliphatic carbocycles. The van der Waals surface area contributed by atoms with Crippen molar-refractivity contribution >= 4 is 11.9 Å². The first-order valence-corrected chi connectivity index (χ1v) is 11.0. The molecular weight excluding hydrogens is 470 g/mol. The molecule has 0 amide bonds. The Morgan fingerprint density at radius 1 is 0.941 bits per heavy atom. The fraction of sp³-hybridized carbons (Fsp3) is 0.652. The van der Waals surface area contributed by atoms with E-state index in [0.717, 1.165) is 11.1 Å². The zero-order valence-electron chi connectivity index (χ0n) is 18.5. The summed E-state index contributed by atoms with van der Waals surface area (Å²) in [6.45, 7) is 1.88.